The normalized spacial score (nSPS) is 20.6. The molecule has 0 radical (unpaired) electrons. The molecule has 1 fully saturated rings. The van der Waals surface area contributed by atoms with Crippen molar-refractivity contribution >= 4 is 17.4 Å². The van der Waals surface area contributed by atoms with Gasteiger partial charge in [0.2, 0.25) is 5.91 Å². The van der Waals surface area contributed by atoms with E-state index in [0.29, 0.717) is 18.5 Å². The quantitative estimate of drug-likeness (QED) is 0.840. The molecule has 3 rings (SSSR count). The Bertz CT molecular complexity index is 603. The Morgan fingerprint density at radius 3 is 2.62 bits per heavy atom. The van der Waals surface area contributed by atoms with Crippen LogP contribution in [0, 0.1) is 11.2 Å². The average Bonchev–Trinajstić information content (AvgIpc) is 2.46. The molecule has 1 aliphatic heterocycles. The van der Waals surface area contributed by atoms with Crippen molar-refractivity contribution in [3.63, 3.8) is 0 Å². The third kappa shape index (κ3) is 2.59. The maximum Gasteiger partial charge on any atom is 0.224 e. The molecule has 1 aromatic carbocycles. The van der Waals surface area contributed by atoms with Gasteiger partial charge in [-0.3, -0.25) is 9.59 Å². The van der Waals surface area contributed by atoms with Crippen molar-refractivity contribution in [1.29, 1.82) is 0 Å². The standard InChI is InChI=1S/C17H20FNO2/c1-17(7-3-2-4-8-17)16(21)12-9-11-5-6-15(20)19-14(11)10-13(12)18/h9-10H,2-8H2,1H3,(H,19,20). The van der Waals surface area contributed by atoms with Crippen LogP contribution in [0.3, 0.4) is 0 Å². The molecule has 3 nitrogen and oxygen atoms in total. The summed E-state index contributed by atoms with van der Waals surface area (Å²) in [6.07, 6.45) is 5.84. The van der Waals surface area contributed by atoms with Crippen LogP contribution >= 0.6 is 0 Å². The first-order valence-corrected chi connectivity index (χ1v) is 7.67. The number of hydrogen-bond donors (Lipinski definition) is 1. The maximum atomic E-state index is 14.3. The van der Waals surface area contributed by atoms with Crippen molar-refractivity contribution in [3.05, 3.63) is 29.1 Å². The molecule has 0 aromatic heterocycles. The third-order valence-electron chi connectivity index (χ3n) is 4.84. The van der Waals surface area contributed by atoms with Gasteiger partial charge in [0.1, 0.15) is 5.82 Å². The Kier molecular flexibility index (Phi) is 3.56. The highest BCUT2D eigenvalue weighted by Crippen LogP contribution is 2.40. The van der Waals surface area contributed by atoms with Crippen molar-refractivity contribution in [1.82, 2.24) is 0 Å². The van der Waals surface area contributed by atoms with Gasteiger partial charge in [-0.15, -0.1) is 0 Å². The second-order valence-corrected chi connectivity index (χ2v) is 6.49. The molecular weight excluding hydrogens is 269 g/mol. The number of hydrogen-bond acceptors (Lipinski definition) is 2. The molecule has 0 bridgehead atoms. The third-order valence-corrected chi connectivity index (χ3v) is 4.84. The summed E-state index contributed by atoms with van der Waals surface area (Å²) in [6.45, 7) is 1.95. The van der Waals surface area contributed by atoms with Gasteiger partial charge in [-0.2, -0.15) is 0 Å². The number of ketones is 1. The molecule has 1 aliphatic carbocycles. The largest absolute Gasteiger partial charge is 0.326 e. The highest BCUT2D eigenvalue weighted by molar-refractivity contribution is 6.02. The van der Waals surface area contributed by atoms with Gasteiger partial charge >= 0.3 is 0 Å². The van der Waals surface area contributed by atoms with Crippen LogP contribution in [0.25, 0.3) is 0 Å². The second kappa shape index (κ2) is 5.24. The van der Waals surface area contributed by atoms with E-state index in [-0.39, 0.29) is 17.3 Å². The summed E-state index contributed by atoms with van der Waals surface area (Å²) < 4.78 is 14.3. The Hall–Kier alpha value is -1.71. The van der Waals surface area contributed by atoms with E-state index in [2.05, 4.69) is 5.32 Å². The second-order valence-electron chi connectivity index (χ2n) is 6.49. The fourth-order valence-corrected chi connectivity index (χ4v) is 3.46. The zero-order valence-corrected chi connectivity index (χ0v) is 12.3. The zero-order valence-electron chi connectivity index (χ0n) is 12.3. The number of rotatable bonds is 2. The van der Waals surface area contributed by atoms with E-state index in [1.165, 1.54) is 6.07 Å². The number of amides is 1. The number of benzene rings is 1. The predicted octanol–water partition coefficient (Wildman–Crippen LogP) is 3.86. The van der Waals surface area contributed by atoms with Gasteiger partial charge < -0.3 is 5.32 Å². The Morgan fingerprint density at radius 2 is 1.90 bits per heavy atom. The smallest absolute Gasteiger partial charge is 0.224 e. The van der Waals surface area contributed by atoms with E-state index in [0.717, 1.165) is 37.7 Å². The minimum Gasteiger partial charge on any atom is -0.326 e. The van der Waals surface area contributed by atoms with Gasteiger partial charge in [-0.25, -0.2) is 4.39 Å². The zero-order chi connectivity index (χ0) is 15.0. The molecule has 0 atom stereocenters. The summed E-state index contributed by atoms with van der Waals surface area (Å²) in [4.78, 5) is 24.1. The van der Waals surface area contributed by atoms with Crippen LogP contribution in [0.2, 0.25) is 0 Å². The number of aryl methyl sites for hydroxylation is 1. The van der Waals surface area contributed by atoms with Gasteiger partial charge in [-0.05, 0) is 37.0 Å². The van der Waals surface area contributed by atoms with Crippen LogP contribution in [-0.2, 0) is 11.2 Å². The van der Waals surface area contributed by atoms with E-state index < -0.39 is 11.2 Å². The van der Waals surface area contributed by atoms with E-state index >= 15 is 0 Å². The lowest BCUT2D eigenvalue weighted by Gasteiger charge is -2.32. The summed E-state index contributed by atoms with van der Waals surface area (Å²) in [5.41, 5.74) is 1.12. The van der Waals surface area contributed by atoms with Gasteiger partial charge in [0.25, 0.3) is 0 Å². The van der Waals surface area contributed by atoms with Gasteiger partial charge in [0.15, 0.2) is 5.78 Å². The number of halogens is 1. The van der Waals surface area contributed by atoms with Gasteiger partial charge in [-0.1, -0.05) is 26.2 Å². The van der Waals surface area contributed by atoms with Crippen molar-refractivity contribution < 1.29 is 14.0 Å². The summed E-state index contributed by atoms with van der Waals surface area (Å²) in [7, 11) is 0. The lowest BCUT2D eigenvalue weighted by molar-refractivity contribution is -0.116. The maximum absolute atomic E-state index is 14.3. The predicted molar refractivity (Wildman–Crippen MR) is 78.9 cm³/mol. The molecule has 1 amide bonds. The van der Waals surface area contributed by atoms with E-state index in [9.17, 15) is 14.0 Å². The molecule has 1 aromatic rings. The summed E-state index contributed by atoms with van der Waals surface area (Å²) in [6, 6.07) is 2.94. The minimum absolute atomic E-state index is 0.0839. The Labute approximate surface area is 123 Å². The molecule has 0 spiro atoms. The first kappa shape index (κ1) is 14.2. The molecule has 112 valence electrons. The molecule has 2 aliphatic rings. The number of fused-ring (bicyclic) bond motifs is 1. The summed E-state index contributed by atoms with van der Waals surface area (Å²) >= 11 is 0. The topological polar surface area (TPSA) is 46.2 Å². The monoisotopic (exact) mass is 289 g/mol. The van der Waals surface area contributed by atoms with Crippen molar-refractivity contribution in [2.75, 3.05) is 5.32 Å². The highest BCUT2D eigenvalue weighted by Gasteiger charge is 2.36. The number of Topliss-reactive ketones (excluding diaryl/α,β-unsaturated/α-hetero) is 1. The SMILES string of the molecule is CC1(C(=O)c2cc3c(cc2F)NC(=O)CC3)CCCCC1. The molecule has 0 unspecified atom stereocenters. The van der Waals surface area contributed by atoms with Crippen LogP contribution in [-0.4, -0.2) is 11.7 Å². The fourth-order valence-electron chi connectivity index (χ4n) is 3.46. The molecule has 1 saturated carbocycles. The van der Waals surface area contributed by atoms with Gasteiger partial charge in [0, 0.05) is 17.5 Å². The number of anilines is 1. The van der Waals surface area contributed by atoms with Gasteiger partial charge in [0.05, 0.1) is 5.56 Å². The van der Waals surface area contributed by atoms with Crippen LogP contribution in [0.4, 0.5) is 10.1 Å². The highest BCUT2D eigenvalue weighted by atomic mass is 19.1. The number of carbonyl (C=O) groups excluding carboxylic acids is 2. The fraction of sp³-hybridized carbons (Fsp3) is 0.529. The Balaban J connectivity index is 1.95. The number of carbonyl (C=O) groups is 2. The lowest BCUT2D eigenvalue weighted by Crippen LogP contribution is -2.31. The molecular formula is C17H20FNO2. The van der Waals surface area contributed by atoms with Crippen LogP contribution in [0.5, 0.6) is 0 Å². The average molecular weight is 289 g/mol. The van der Waals surface area contributed by atoms with Crippen LogP contribution in [0.15, 0.2) is 12.1 Å². The lowest BCUT2D eigenvalue weighted by atomic mass is 9.71. The van der Waals surface area contributed by atoms with Crippen LogP contribution in [0.1, 0.15) is 61.4 Å². The molecule has 4 heteroatoms. The minimum atomic E-state index is -0.521. The molecule has 21 heavy (non-hydrogen) atoms. The van der Waals surface area contributed by atoms with E-state index in [1.807, 2.05) is 6.92 Å². The summed E-state index contributed by atoms with van der Waals surface area (Å²) in [5, 5.41) is 2.67. The van der Waals surface area contributed by atoms with E-state index in [4.69, 9.17) is 0 Å². The van der Waals surface area contributed by atoms with Crippen molar-refractivity contribution in [3.8, 4) is 0 Å². The first-order valence-electron chi connectivity index (χ1n) is 7.67. The van der Waals surface area contributed by atoms with Crippen molar-refractivity contribution in [2.24, 2.45) is 5.41 Å². The first-order chi connectivity index (χ1) is 9.99. The van der Waals surface area contributed by atoms with Crippen molar-refractivity contribution in [2.45, 2.75) is 51.9 Å². The van der Waals surface area contributed by atoms with E-state index in [1.54, 1.807) is 6.07 Å². The molecule has 1 heterocycles. The van der Waals surface area contributed by atoms with Crippen LogP contribution < -0.4 is 5.32 Å². The summed E-state index contributed by atoms with van der Waals surface area (Å²) in [5.74, 6) is -0.702. The number of nitrogens with one attached hydrogen (secondary N) is 1. The molecule has 0 saturated heterocycles. The molecule has 1 N–H and O–H groups in total. The Morgan fingerprint density at radius 1 is 1.19 bits per heavy atom.